The van der Waals surface area contributed by atoms with Crippen molar-refractivity contribution in [1.29, 1.82) is 0 Å². The van der Waals surface area contributed by atoms with Crippen molar-refractivity contribution in [3.63, 3.8) is 0 Å². The first-order valence-corrected chi connectivity index (χ1v) is 7.01. The molecular formula is C16H14ClF2NO3. The average molecular weight is 342 g/mol. The van der Waals surface area contributed by atoms with Crippen LogP contribution in [0.5, 0.6) is 5.75 Å². The van der Waals surface area contributed by atoms with E-state index < -0.39 is 6.61 Å². The SMILES string of the molecule is COCc1cccc(C(=O)Nc2ccc(OC(F)F)c(Cl)c2)c1. The van der Waals surface area contributed by atoms with Crippen LogP contribution in [0.25, 0.3) is 0 Å². The van der Waals surface area contributed by atoms with Gasteiger partial charge in [-0.3, -0.25) is 4.79 Å². The van der Waals surface area contributed by atoms with Crippen molar-refractivity contribution >= 4 is 23.2 Å². The molecule has 0 aliphatic rings. The number of methoxy groups -OCH3 is 1. The van der Waals surface area contributed by atoms with Crippen LogP contribution in [0, 0.1) is 0 Å². The Hall–Kier alpha value is -2.18. The second-order valence-electron chi connectivity index (χ2n) is 4.61. The number of carbonyl (C=O) groups excluding carboxylic acids is 1. The molecule has 2 rings (SSSR count). The fraction of sp³-hybridized carbons (Fsp3) is 0.188. The topological polar surface area (TPSA) is 47.6 Å². The highest BCUT2D eigenvalue weighted by Gasteiger charge is 2.11. The van der Waals surface area contributed by atoms with Gasteiger partial charge in [0.05, 0.1) is 11.6 Å². The maximum absolute atomic E-state index is 12.2. The Morgan fingerprint density at radius 1 is 1.26 bits per heavy atom. The summed E-state index contributed by atoms with van der Waals surface area (Å²) >= 11 is 5.84. The number of alkyl halides is 2. The van der Waals surface area contributed by atoms with E-state index in [1.165, 1.54) is 18.2 Å². The van der Waals surface area contributed by atoms with E-state index in [0.717, 1.165) is 5.56 Å². The predicted molar refractivity (Wildman–Crippen MR) is 83.2 cm³/mol. The zero-order valence-corrected chi connectivity index (χ0v) is 12.9. The molecule has 4 nitrogen and oxygen atoms in total. The number of hydrogen-bond acceptors (Lipinski definition) is 3. The number of benzene rings is 2. The van der Waals surface area contributed by atoms with Crippen LogP contribution in [-0.2, 0) is 11.3 Å². The van der Waals surface area contributed by atoms with Crippen molar-refractivity contribution in [2.75, 3.05) is 12.4 Å². The maximum atomic E-state index is 12.2. The van der Waals surface area contributed by atoms with Crippen molar-refractivity contribution in [2.45, 2.75) is 13.2 Å². The van der Waals surface area contributed by atoms with Gasteiger partial charge in [-0.05, 0) is 35.9 Å². The summed E-state index contributed by atoms with van der Waals surface area (Å²) in [6.45, 7) is -2.57. The van der Waals surface area contributed by atoms with Gasteiger partial charge in [0.15, 0.2) is 0 Å². The molecule has 0 fully saturated rings. The van der Waals surface area contributed by atoms with Gasteiger partial charge < -0.3 is 14.8 Å². The van der Waals surface area contributed by atoms with Crippen molar-refractivity contribution in [1.82, 2.24) is 0 Å². The zero-order chi connectivity index (χ0) is 16.8. The molecule has 1 amide bonds. The maximum Gasteiger partial charge on any atom is 0.387 e. The average Bonchev–Trinajstić information content (AvgIpc) is 2.50. The third-order valence-corrected chi connectivity index (χ3v) is 3.20. The molecule has 2 aromatic carbocycles. The van der Waals surface area contributed by atoms with E-state index in [4.69, 9.17) is 16.3 Å². The van der Waals surface area contributed by atoms with Crippen LogP contribution >= 0.6 is 11.6 Å². The fourth-order valence-corrected chi connectivity index (χ4v) is 2.17. The van der Waals surface area contributed by atoms with Gasteiger partial charge in [0.2, 0.25) is 0 Å². The molecule has 0 bridgehead atoms. The summed E-state index contributed by atoms with van der Waals surface area (Å²) in [6.07, 6.45) is 0. The van der Waals surface area contributed by atoms with Gasteiger partial charge in [0, 0.05) is 18.4 Å². The Bertz CT molecular complexity index is 695. The highest BCUT2D eigenvalue weighted by Crippen LogP contribution is 2.29. The minimum Gasteiger partial charge on any atom is -0.433 e. The lowest BCUT2D eigenvalue weighted by atomic mass is 10.1. The van der Waals surface area contributed by atoms with E-state index in [1.54, 1.807) is 25.3 Å². The first kappa shape index (κ1) is 17.2. The molecule has 0 spiro atoms. The van der Waals surface area contributed by atoms with E-state index in [9.17, 15) is 13.6 Å². The standard InChI is InChI=1S/C16H14ClF2NO3/c1-22-9-10-3-2-4-11(7-10)15(21)20-12-5-6-14(13(17)8-12)23-16(18)19/h2-8,16H,9H2,1H3,(H,20,21). The number of carbonyl (C=O) groups is 1. The molecule has 7 heteroatoms. The summed E-state index contributed by atoms with van der Waals surface area (Å²) in [5.41, 5.74) is 1.68. The third-order valence-electron chi connectivity index (χ3n) is 2.91. The lowest BCUT2D eigenvalue weighted by Gasteiger charge is -2.10. The van der Waals surface area contributed by atoms with Crippen LogP contribution in [-0.4, -0.2) is 19.6 Å². The van der Waals surface area contributed by atoms with Gasteiger partial charge >= 0.3 is 6.61 Å². The minimum atomic E-state index is -2.96. The largest absolute Gasteiger partial charge is 0.433 e. The summed E-state index contributed by atoms with van der Waals surface area (Å²) in [5.74, 6) is -0.497. The third kappa shape index (κ3) is 4.91. The molecule has 2 aromatic rings. The number of rotatable bonds is 6. The summed E-state index contributed by atoms with van der Waals surface area (Å²) < 4.78 is 33.6. The molecule has 0 saturated carbocycles. The Morgan fingerprint density at radius 3 is 2.70 bits per heavy atom. The number of amides is 1. The molecule has 0 atom stereocenters. The summed E-state index contributed by atoms with van der Waals surface area (Å²) in [5, 5.41) is 2.62. The second-order valence-corrected chi connectivity index (χ2v) is 5.02. The van der Waals surface area contributed by atoms with Gasteiger partial charge in [-0.1, -0.05) is 23.7 Å². The summed E-state index contributed by atoms with van der Waals surface area (Å²) in [6, 6.07) is 11.0. The molecule has 0 unspecified atom stereocenters. The minimum absolute atomic E-state index is 0.0174. The van der Waals surface area contributed by atoms with Crippen molar-refractivity contribution < 1.29 is 23.0 Å². The first-order valence-electron chi connectivity index (χ1n) is 6.63. The lowest BCUT2D eigenvalue weighted by molar-refractivity contribution is -0.0497. The number of nitrogens with one attached hydrogen (secondary N) is 1. The second kappa shape index (κ2) is 7.89. The van der Waals surface area contributed by atoms with Gasteiger partial charge in [-0.2, -0.15) is 8.78 Å². The van der Waals surface area contributed by atoms with E-state index in [1.807, 2.05) is 6.07 Å². The van der Waals surface area contributed by atoms with E-state index in [0.29, 0.717) is 17.9 Å². The predicted octanol–water partition coefficient (Wildman–Crippen LogP) is 4.34. The molecule has 0 aromatic heterocycles. The van der Waals surface area contributed by atoms with Gasteiger partial charge in [0.1, 0.15) is 5.75 Å². The Morgan fingerprint density at radius 2 is 2.04 bits per heavy atom. The number of hydrogen-bond donors (Lipinski definition) is 1. The van der Waals surface area contributed by atoms with Crippen molar-refractivity contribution in [3.8, 4) is 5.75 Å². The number of halogens is 3. The number of anilines is 1. The molecule has 122 valence electrons. The van der Waals surface area contributed by atoms with E-state index >= 15 is 0 Å². The Kier molecular flexibility index (Phi) is 5.90. The number of ether oxygens (including phenoxy) is 2. The Balaban J connectivity index is 2.11. The first-order chi connectivity index (χ1) is 11.0. The van der Waals surface area contributed by atoms with Crippen LogP contribution in [0.15, 0.2) is 42.5 Å². The van der Waals surface area contributed by atoms with Crippen LogP contribution in [0.4, 0.5) is 14.5 Å². The molecule has 0 aliphatic carbocycles. The van der Waals surface area contributed by atoms with Gasteiger partial charge in [-0.15, -0.1) is 0 Å². The van der Waals surface area contributed by atoms with E-state index in [-0.39, 0.29) is 16.7 Å². The molecular weight excluding hydrogens is 328 g/mol. The molecule has 23 heavy (non-hydrogen) atoms. The normalized spacial score (nSPS) is 10.7. The van der Waals surface area contributed by atoms with Crippen LogP contribution in [0.2, 0.25) is 5.02 Å². The molecule has 0 radical (unpaired) electrons. The monoisotopic (exact) mass is 341 g/mol. The summed E-state index contributed by atoms with van der Waals surface area (Å²) in [7, 11) is 1.57. The zero-order valence-electron chi connectivity index (χ0n) is 12.2. The smallest absolute Gasteiger partial charge is 0.387 e. The Labute approximate surface area is 137 Å². The molecule has 0 aliphatic heterocycles. The van der Waals surface area contributed by atoms with Crippen LogP contribution in [0.3, 0.4) is 0 Å². The van der Waals surface area contributed by atoms with E-state index in [2.05, 4.69) is 10.1 Å². The van der Waals surface area contributed by atoms with Crippen LogP contribution < -0.4 is 10.1 Å². The van der Waals surface area contributed by atoms with Crippen molar-refractivity contribution in [2.24, 2.45) is 0 Å². The fourth-order valence-electron chi connectivity index (χ4n) is 1.94. The van der Waals surface area contributed by atoms with Gasteiger partial charge in [0.25, 0.3) is 5.91 Å². The van der Waals surface area contributed by atoms with Crippen molar-refractivity contribution in [3.05, 3.63) is 58.6 Å². The molecule has 0 heterocycles. The molecule has 1 N–H and O–H groups in total. The quantitative estimate of drug-likeness (QED) is 0.850. The molecule has 0 saturated heterocycles. The lowest BCUT2D eigenvalue weighted by Crippen LogP contribution is -2.12. The van der Waals surface area contributed by atoms with Crippen LogP contribution in [0.1, 0.15) is 15.9 Å². The van der Waals surface area contributed by atoms with Gasteiger partial charge in [-0.25, -0.2) is 0 Å². The summed E-state index contributed by atoms with van der Waals surface area (Å²) in [4.78, 5) is 12.2. The highest BCUT2D eigenvalue weighted by molar-refractivity contribution is 6.32. The highest BCUT2D eigenvalue weighted by atomic mass is 35.5.